The van der Waals surface area contributed by atoms with E-state index >= 15 is 0 Å². The van der Waals surface area contributed by atoms with Gasteiger partial charge in [-0.05, 0) is 31.0 Å². The van der Waals surface area contributed by atoms with Crippen molar-refractivity contribution >= 4 is 17.5 Å². The van der Waals surface area contributed by atoms with E-state index in [4.69, 9.17) is 9.47 Å². The van der Waals surface area contributed by atoms with Crippen LogP contribution in [0.15, 0.2) is 30.5 Å². The van der Waals surface area contributed by atoms with Crippen molar-refractivity contribution in [1.82, 2.24) is 9.97 Å². The lowest BCUT2D eigenvalue weighted by Crippen LogP contribution is -2.26. The summed E-state index contributed by atoms with van der Waals surface area (Å²) >= 11 is 0. The third-order valence-electron chi connectivity index (χ3n) is 3.59. The molecule has 0 aliphatic heterocycles. The number of anilines is 3. The predicted octanol–water partition coefficient (Wildman–Crippen LogP) is 3.86. The van der Waals surface area contributed by atoms with Gasteiger partial charge >= 0.3 is 0 Å². The first kappa shape index (κ1) is 17.8. The summed E-state index contributed by atoms with van der Waals surface area (Å²) in [5, 5.41) is 3.22. The summed E-state index contributed by atoms with van der Waals surface area (Å²) in [5.74, 6) is 2.86. The topological polar surface area (TPSA) is 59.5 Å². The molecule has 2 aromatic rings. The molecule has 130 valence electrons. The third-order valence-corrected chi connectivity index (χ3v) is 3.59. The molecule has 0 atom stereocenters. The van der Waals surface area contributed by atoms with Gasteiger partial charge in [-0.1, -0.05) is 13.8 Å². The number of nitrogens with one attached hydrogen (secondary N) is 1. The summed E-state index contributed by atoms with van der Waals surface area (Å²) in [6.07, 6.45) is 3.95. The van der Waals surface area contributed by atoms with Gasteiger partial charge in [-0.15, -0.1) is 0 Å². The first-order chi connectivity index (χ1) is 11.7. The van der Waals surface area contributed by atoms with Gasteiger partial charge in [-0.25, -0.2) is 4.98 Å². The number of rotatable bonds is 9. The quantitative estimate of drug-likeness (QED) is 0.753. The van der Waals surface area contributed by atoms with Gasteiger partial charge in [0.1, 0.15) is 5.82 Å². The summed E-state index contributed by atoms with van der Waals surface area (Å²) in [5.41, 5.74) is 0.849. The van der Waals surface area contributed by atoms with Crippen LogP contribution in [0.3, 0.4) is 0 Å². The van der Waals surface area contributed by atoms with Crippen molar-refractivity contribution in [3.05, 3.63) is 30.5 Å². The fourth-order valence-corrected chi connectivity index (χ4v) is 2.51. The SMILES string of the molecule is CCCN(CCC)c1ccnc(Nc2ccc(OC)c(OC)c2)n1. The maximum atomic E-state index is 5.33. The first-order valence-electron chi connectivity index (χ1n) is 8.28. The van der Waals surface area contributed by atoms with Crippen molar-refractivity contribution in [3.8, 4) is 11.5 Å². The van der Waals surface area contributed by atoms with E-state index < -0.39 is 0 Å². The summed E-state index contributed by atoms with van der Waals surface area (Å²) < 4.78 is 10.6. The molecule has 0 bridgehead atoms. The normalized spacial score (nSPS) is 10.3. The summed E-state index contributed by atoms with van der Waals surface area (Å²) in [4.78, 5) is 11.2. The lowest BCUT2D eigenvalue weighted by Gasteiger charge is -2.22. The molecular weight excluding hydrogens is 304 g/mol. The van der Waals surface area contributed by atoms with Crippen molar-refractivity contribution in [2.24, 2.45) is 0 Å². The zero-order chi connectivity index (χ0) is 17.4. The number of ether oxygens (including phenoxy) is 2. The Kier molecular flexibility index (Phi) is 6.66. The molecule has 0 radical (unpaired) electrons. The van der Waals surface area contributed by atoms with Gasteiger partial charge < -0.3 is 19.7 Å². The standard InChI is InChI=1S/C18H26N4O2/c1-5-11-22(12-6-2)17-9-10-19-18(21-17)20-14-7-8-15(23-3)16(13-14)24-4/h7-10,13H,5-6,11-12H2,1-4H3,(H,19,20,21). The Balaban J connectivity index is 2.19. The number of nitrogens with zero attached hydrogens (tertiary/aromatic N) is 3. The second kappa shape index (κ2) is 8.96. The summed E-state index contributed by atoms with van der Waals surface area (Å²) in [6, 6.07) is 7.58. The average Bonchev–Trinajstić information content (AvgIpc) is 2.61. The number of hydrogen-bond donors (Lipinski definition) is 1. The average molecular weight is 330 g/mol. The van der Waals surface area contributed by atoms with E-state index in [-0.39, 0.29) is 0 Å². The van der Waals surface area contributed by atoms with Crippen molar-refractivity contribution in [3.63, 3.8) is 0 Å². The highest BCUT2D eigenvalue weighted by Gasteiger charge is 2.09. The van der Waals surface area contributed by atoms with E-state index in [2.05, 4.69) is 34.0 Å². The molecule has 6 heteroatoms. The first-order valence-corrected chi connectivity index (χ1v) is 8.28. The smallest absolute Gasteiger partial charge is 0.229 e. The van der Waals surface area contributed by atoms with Crippen LogP contribution in [-0.2, 0) is 0 Å². The van der Waals surface area contributed by atoms with Crippen LogP contribution in [0.1, 0.15) is 26.7 Å². The summed E-state index contributed by atoms with van der Waals surface area (Å²) in [7, 11) is 3.24. The van der Waals surface area contributed by atoms with Crippen LogP contribution in [-0.4, -0.2) is 37.3 Å². The molecule has 24 heavy (non-hydrogen) atoms. The molecule has 6 nitrogen and oxygen atoms in total. The van der Waals surface area contributed by atoms with Gasteiger partial charge in [0, 0.05) is 31.0 Å². The van der Waals surface area contributed by atoms with Crippen LogP contribution in [0, 0.1) is 0 Å². The Morgan fingerprint density at radius 2 is 1.71 bits per heavy atom. The predicted molar refractivity (Wildman–Crippen MR) is 97.7 cm³/mol. The molecule has 0 saturated heterocycles. The Morgan fingerprint density at radius 3 is 2.33 bits per heavy atom. The Labute approximate surface area is 143 Å². The minimum absolute atomic E-state index is 0.567. The largest absolute Gasteiger partial charge is 0.493 e. The van der Waals surface area contributed by atoms with Crippen LogP contribution in [0.4, 0.5) is 17.5 Å². The fraction of sp³-hybridized carbons (Fsp3) is 0.444. The van der Waals surface area contributed by atoms with Gasteiger partial charge in [0.25, 0.3) is 0 Å². The Bertz CT molecular complexity index is 643. The van der Waals surface area contributed by atoms with Crippen molar-refractivity contribution in [2.45, 2.75) is 26.7 Å². The second-order valence-corrected chi connectivity index (χ2v) is 5.42. The molecule has 0 aliphatic carbocycles. The van der Waals surface area contributed by atoms with E-state index in [1.54, 1.807) is 20.4 Å². The molecule has 0 fully saturated rings. The Hall–Kier alpha value is -2.50. The van der Waals surface area contributed by atoms with Crippen LogP contribution in [0.5, 0.6) is 11.5 Å². The number of aromatic nitrogens is 2. The maximum Gasteiger partial charge on any atom is 0.229 e. The van der Waals surface area contributed by atoms with Gasteiger partial charge in [0.05, 0.1) is 14.2 Å². The molecule has 1 aromatic heterocycles. The van der Waals surface area contributed by atoms with E-state index in [1.165, 1.54) is 0 Å². The van der Waals surface area contributed by atoms with Gasteiger partial charge in [0.2, 0.25) is 5.95 Å². The number of benzene rings is 1. The second-order valence-electron chi connectivity index (χ2n) is 5.42. The number of methoxy groups -OCH3 is 2. The van der Waals surface area contributed by atoms with Crippen molar-refractivity contribution in [1.29, 1.82) is 0 Å². The van der Waals surface area contributed by atoms with E-state index in [1.807, 2.05) is 24.3 Å². The molecule has 0 saturated carbocycles. The maximum absolute atomic E-state index is 5.33. The molecular formula is C18H26N4O2. The molecule has 0 amide bonds. The number of hydrogen-bond acceptors (Lipinski definition) is 6. The fourth-order valence-electron chi connectivity index (χ4n) is 2.51. The molecule has 0 unspecified atom stereocenters. The van der Waals surface area contributed by atoms with E-state index in [0.29, 0.717) is 17.4 Å². The van der Waals surface area contributed by atoms with Gasteiger partial charge in [-0.2, -0.15) is 4.98 Å². The zero-order valence-corrected chi connectivity index (χ0v) is 14.9. The van der Waals surface area contributed by atoms with Crippen molar-refractivity contribution < 1.29 is 9.47 Å². The molecule has 1 heterocycles. The molecule has 0 spiro atoms. The van der Waals surface area contributed by atoms with Crippen LogP contribution >= 0.6 is 0 Å². The lowest BCUT2D eigenvalue weighted by atomic mass is 10.3. The monoisotopic (exact) mass is 330 g/mol. The van der Waals surface area contributed by atoms with E-state index in [9.17, 15) is 0 Å². The van der Waals surface area contributed by atoms with Crippen LogP contribution in [0.2, 0.25) is 0 Å². The molecule has 0 aliphatic rings. The minimum Gasteiger partial charge on any atom is -0.493 e. The van der Waals surface area contributed by atoms with Gasteiger partial charge in [0.15, 0.2) is 11.5 Å². The highest BCUT2D eigenvalue weighted by atomic mass is 16.5. The molecule has 2 rings (SSSR count). The van der Waals surface area contributed by atoms with Crippen LogP contribution < -0.4 is 19.7 Å². The van der Waals surface area contributed by atoms with Crippen molar-refractivity contribution in [2.75, 3.05) is 37.5 Å². The highest BCUT2D eigenvalue weighted by Crippen LogP contribution is 2.30. The van der Waals surface area contributed by atoms with E-state index in [0.717, 1.165) is 37.4 Å². The third kappa shape index (κ3) is 4.50. The molecule has 1 N–H and O–H groups in total. The lowest BCUT2D eigenvalue weighted by molar-refractivity contribution is 0.355. The minimum atomic E-state index is 0.567. The zero-order valence-electron chi connectivity index (χ0n) is 14.9. The highest BCUT2D eigenvalue weighted by molar-refractivity contribution is 5.60. The Morgan fingerprint density at radius 1 is 1.00 bits per heavy atom. The van der Waals surface area contributed by atoms with Gasteiger partial charge in [-0.3, -0.25) is 0 Å². The summed E-state index contributed by atoms with van der Waals surface area (Å²) in [6.45, 7) is 6.32. The van der Waals surface area contributed by atoms with Crippen LogP contribution in [0.25, 0.3) is 0 Å². The molecule has 1 aromatic carbocycles.